The Labute approximate surface area is 238 Å². The molecule has 0 amide bonds. The van der Waals surface area contributed by atoms with Gasteiger partial charge in [0, 0.05) is 32.4 Å². The number of aromatic nitrogens is 2. The standard InChI is InChI=1S/C17H21F2N5O2S.C11H11F3.H2/c1-23(2)12-4-3-7-24(10-12)13-8-14(18)17(15(19)9-13)27(25,26)22-16-5-6-20-11-21-16;1-7-2-3-8-4-5-9(6-10(7)8)11(12,13)14;/h5-6,8-9,11-12H,3-4,7,10H2,1-2H3,(H,20,21,22);4-7H,2-3H2,1H3;1H/t;7-;/m.0./s1. The molecule has 1 fully saturated rings. The Morgan fingerprint density at radius 1 is 1.07 bits per heavy atom. The molecule has 3 aromatic rings. The Morgan fingerprint density at radius 2 is 1.78 bits per heavy atom. The van der Waals surface area contributed by atoms with Crippen LogP contribution < -0.4 is 9.62 Å². The highest BCUT2D eigenvalue weighted by Crippen LogP contribution is 2.37. The molecule has 0 bridgehead atoms. The summed E-state index contributed by atoms with van der Waals surface area (Å²) >= 11 is 0. The topological polar surface area (TPSA) is 78.4 Å². The highest BCUT2D eigenvalue weighted by atomic mass is 32.2. The third kappa shape index (κ3) is 7.31. The predicted molar refractivity (Wildman–Crippen MR) is 148 cm³/mol. The number of sulfonamides is 1. The lowest BCUT2D eigenvalue weighted by molar-refractivity contribution is -0.137. The van der Waals surface area contributed by atoms with Crippen LogP contribution in [0.15, 0.2) is 53.8 Å². The van der Waals surface area contributed by atoms with E-state index in [-0.39, 0.29) is 19.2 Å². The van der Waals surface area contributed by atoms with Crippen molar-refractivity contribution < 1.29 is 31.8 Å². The third-order valence-electron chi connectivity index (χ3n) is 7.42. The number of likely N-dealkylation sites (N-methyl/N-ethyl adjacent to an activating group) is 1. The van der Waals surface area contributed by atoms with E-state index in [9.17, 15) is 30.4 Å². The molecule has 2 heterocycles. The van der Waals surface area contributed by atoms with Crippen molar-refractivity contribution in [3.63, 3.8) is 0 Å². The Kier molecular flexibility index (Phi) is 9.17. The lowest BCUT2D eigenvalue weighted by Gasteiger charge is -2.37. The van der Waals surface area contributed by atoms with Crippen molar-refractivity contribution in [3.8, 4) is 0 Å². The van der Waals surface area contributed by atoms with Crippen LogP contribution in [-0.2, 0) is 22.6 Å². The van der Waals surface area contributed by atoms with E-state index in [1.54, 1.807) is 6.07 Å². The van der Waals surface area contributed by atoms with Crippen LogP contribution >= 0.6 is 0 Å². The average molecular weight is 600 g/mol. The van der Waals surface area contributed by atoms with Crippen LogP contribution in [0.2, 0.25) is 0 Å². The molecule has 1 aromatic heterocycles. The molecule has 1 N–H and O–H groups in total. The van der Waals surface area contributed by atoms with Crippen molar-refractivity contribution in [2.75, 3.05) is 36.8 Å². The summed E-state index contributed by atoms with van der Waals surface area (Å²) in [6.45, 7) is 3.26. The van der Waals surface area contributed by atoms with Gasteiger partial charge in [0.25, 0.3) is 10.0 Å². The third-order valence-corrected chi connectivity index (χ3v) is 8.82. The lowest BCUT2D eigenvalue weighted by atomic mass is 10.0. The van der Waals surface area contributed by atoms with Crippen LogP contribution in [0.25, 0.3) is 0 Å². The summed E-state index contributed by atoms with van der Waals surface area (Å²) in [5.74, 6) is -2.08. The SMILES string of the molecule is CN(C)C1CCCN(c2cc(F)c(S(=O)(=O)Nc3ccncn3)c(F)c2)C1.C[C@H]1CCc2ccc(C(F)(F)F)cc21.[HH]. The van der Waals surface area contributed by atoms with Gasteiger partial charge in [-0.2, -0.15) is 13.2 Å². The maximum Gasteiger partial charge on any atom is 0.416 e. The largest absolute Gasteiger partial charge is 0.416 e. The summed E-state index contributed by atoms with van der Waals surface area (Å²) in [7, 11) is -0.539. The second-order valence-corrected chi connectivity index (χ2v) is 12.1. The zero-order valence-corrected chi connectivity index (χ0v) is 23.7. The van der Waals surface area contributed by atoms with E-state index < -0.39 is 38.3 Å². The molecule has 0 radical (unpaired) electrons. The highest BCUT2D eigenvalue weighted by molar-refractivity contribution is 7.92. The second kappa shape index (κ2) is 12.3. The minimum atomic E-state index is -4.46. The number of hydrogen-bond acceptors (Lipinski definition) is 6. The van der Waals surface area contributed by atoms with Crippen LogP contribution in [-0.4, -0.2) is 56.5 Å². The van der Waals surface area contributed by atoms with Gasteiger partial charge in [-0.1, -0.05) is 13.0 Å². The van der Waals surface area contributed by atoms with E-state index in [4.69, 9.17) is 0 Å². The van der Waals surface area contributed by atoms with Gasteiger partial charge in [0.2, 0.25) is 0 Å². The molecule has 0 spiro atoms. The van der Waals surface area contributed by atoms with Crippen molar-refractivity contribution in [1.82, 2.24) is 14.9 Å². The quantitative estimate of drug-likeness (QED) is 0.358. The number of halogens is 5. The van der Waals surface area contributed by atoms with Crippen molar-refractivity contribution in [2.24, 2.45) is 0 Å². The molecule has 1 unspecified atom stereocenters. The van der Waals surface area contributed by atoms with E-state index in [2.05, 4.69) is 19.6 Å². The molecule has 2 aromatic carbocycles. The summed E-state index contributed by atoms with van der Waals surface area (Å²) < 4.78 is 93.2. The van der Waals surface area contributed by atoms with Crippen LogP contribution in [0.5, 0.6) is 0 Å². The number of rotatable bonds is 5. The van der Waals surface area contributed by atoms with Crippen molar-refractivity contribution in [2.45, 2.75) is 55.6 Å². The normalized spacial score (nSPS) is 19.0. The van der Waals surface area contributed by atoms with E-state index in [1.165, 1.54) is 24.4 Å². The van der Waals surface area contributed by atoms with E-state index in [1.807, 2.05) is 25.9 Å². The number of hydrogen-bond donors (Lipinski definition) is 1. The van der Waals surface area contributed by atoms with Gasteiger partial charge in [0.05, 0.1) is 5.56 Å². The number of aryl methyl sites for hydroxylation is 1. The lowest BCUT2D eigenvalue weighted by Crippen LogP contribution is -2.45. The van der Waals surface area contributed by atoms with Crippen molar-refractivity contribution in [3.05, 3.63) is 77.2 Å². The fourth-order valence-corrected chi connectivity index (χ4v) is 6.25. The van der Waals surface area contributed by atoms with Gasteiger partial charge in [-0.25, -0.2) is 27.2 Å². The van der Waals surface area contributed by atoms with E-state index in [0.717, 1.165) is 55.3 Å². The minimum Gasteiger partial charge on any atom is -0.370 e. The summed E-state index contributed by atoms with van der Waals surface area (Å²) in [6.07, 6.45) is 2.01. The van der Waals surface area contributed by atoms with Gasteiger partial charge in [-0.15, -0.1) is 0 Å². The monoisotopic (exact) mass is 599 g/mol. The number of fused-ring (bicyclic) bond motifs is 1. The van der Waals surface area contributed by atoms with Gasteiger partial charge >= 0.3 is 6.18 Å². The van der Waals surface area contributed by atoms with Crippen LogP contribution in [0.4, 0.5) is 33.5 Å². The molecule has 7 nitrogen and oxygen atoms in total. The molecule has 2 atom stereocenters. The number of benzene rings is 2. The Bertz CT molecular complexity index is 1450. The molecule has 13 heteroatoms. The molecule has 1 aliphatic carbocycles. The molecule has 2 aliphatic rings. The number of alkyl halides is 3. The van der Waals surface area contributed by atoms with Crippen LogP contribution in [0.1, 0.15) is 50.2 Å². The van der Waals surface area contributed by atoms with Gasteiger partial charge in [-0.3, -0.25) is 4.72 Å². The first-order valence-corrected chi connectivity index (χ1v) is 14.6. The van der Waals surface area contributed by atoms with E-state index in [0.29, 0.717) is 18.8 Å². The predicted octanol–water partition coefficient (Wildman–Crippen LogP) is 6.09. The van der Waals surface area contributed by atoms with E-state index >= 15 is 0 Å². The molecule has 41 heavy (non-hydrogen) atoms. The van der Waals surface area contributed by atoms with Crippen molar-refractivity contribution >= 4 is 21.5 Å². The number of nitrogens with zero attached hydrogens (tertiary/aromatic N) is 4. The molecule has 224 valence electrons. The summed E-state index contributed by atoms with van der Waals surface area (Å²) in [6, 6.07) is 7.78. The van der Waals surface area contributed by atoms with Gasteiger partial charge in [0.15, 0.2) is 4.90 Å². The second-order valence-electron chi connectivity index (χ2n) is 10.5. The maximum absolute atomic E-state index is 14.6. The minimum absolute atomic E-state index is 0. The molecule has 1 saturated heterocycles. The molecular formula is C28H34F5N5O2S. The molecule has 1 aliphatic heterocycles. The molecule has 5 rings (SSSR count). The Morgan fingerprint density at radius 3 is 2.39 bits per heavy atom. The van der Waals surface area contributed by atoms with Crippen LogP contribution in [0.3, 0.4) is 0 Å². The zero-order valence-electron chi connectivity index (χ0n) is 22.9. The van der Waals surface area contributed by atoms with Gasteiger partial charge < -0.3 is 9.80 Å². The average Bonchev–Trinajstić information content (AvgIpc) is 3.28. The zero-order chi connectivity index (χ0) is 29.9. The number of anilines is 2. The fraction of sp³-hybridized carbons (Fsp3) is 0.429. The first-order chi connectivity index (χ1) is 19.3. The highest BCUT2D eigenvalue weighted by Gasteiger charge is 2.32. The Balaban J connectivity index is 0.000000272. The summed E-state index contributed by atoms with van der Waals surface area (Å²) in [4.78, 5) is 10.3. The van der Waals surface area contributed by atoms with Crippen molar-refractivity contribution in [1.29, 1.82) is 0 Å². The van der Waals surface area contributed by atoms with Gasteiger partial charge in [-0.05, 0) is 87.2 Å². The number of nitrogens with one attached hydrogen (secondary N) is 1. The summed E-state index contributed by atoms with van der Waals surface area (Å²) in [5.41, 5.74) is 1.76. The first kappa shape index (κ1) is 30.6. The maximum atomic E-state index is 14.6. The molecule has 0 saturated carbocycles. The summed E-state index contributed by atoms with van der Waals surface area (Å²) in [5, 5.41) is 0. The smallest absolute Gasteiger partial charge is 0.370 e. The fourth-order valence-electron chi connectivity index (χ4n) is 5.12. The van der Waals surface area contributed by atoms with Crippen LogP contribution in [0, 0.1) is 11.6 Å². The Hall–Kier alpha value is -3.32. The number of piperidine rings is 1. The first-order valence-electron chi connectivity index (χ1n) is 13.2. The van der Waals surface area contributed by atoms with Gasteiger partial charge in [0.1, 0.15) is 23.8 Å². The molecular weight excluding hydrogens is 565 g/mol.